The molecule has 1 aromatic heterocycles. The number of aromatic nitrogens is 2. The number of ether oxygens (including phenoxy) is 1. The Bertz CT molecular complexity index is 1480. The first-order chi connectivity index (χ1) is 17.2. The summed E-state index contributed by atoms with van der Waals surface area (Å²) in [6.45, 7) is 0.452. The van der Waals surface area contributed by atoms with Crippen LogP contribution in [0.5, 0.6) is 0 Å². The molecule has 1 unspecified atom stereocenters. The Hall–Kier alpha value is -4.20. The third-order valence-electron chi connectivity index (χ3n) is 6.46. The second-order valence-corrected chi connectivity index (χ2v) is 8.77. The molecule has 0 saturated carbocycles. The second-order valence-electron chi connectivity index (χ2n) is 8.77. The molecule has 0 fully saturated rings. The number of hydrogen-bond acceptors (Lipinski definition) is 3. The lowest BCUT2D eigenvalue weighted by Crippen LogP contribution is -2.10. The summed E-state index contributed by atoms with van der Waals surface area (Å²) in [5.74, 6) is 0. The lowest BCUT2D eigenvalue weighted by molar-refractivity contribution is 0.0295. The second kappa shape index (κ2) is 10.4. The Labute approximate surface area is 206 Å². The SMILES string of the molecule is Cn1cncc1C(CCc1ccccc1)OCc1ccc(C#N)c(-c2cccc3ccccc23)c1. The Morgan fingerprint density at radius 1 is 0.886 bits per heavy atom. The maximum atomic E-state index is 9.80. The normalized spacial score (nSPS) is 11.9. The molecule has 0 radical (unpaired) electrons. The molecule has 0 bridgehead atoms. The maximum Gasteiger partial charge on any atom is 0.0998 e. The number of nitrogens with zero attached hydrogens (tertiary/aromatic N) is 3. The zero-order valence-corrected chi connectivity index (χ0v) is 19.8. The first-order valence-electron chi connectivity index (χ1n) is 11.9. The van der Waals surface area contributed by atoms with E-state index in [1.807, 2.05) is 60.5 Å². The van der Waals surface area contributed by atoms with E-state index in [9.17, 15) is 5.26 Å². The molecule has 0 N–H and O–H groups in total. The molecular formula is C31H27N3O. The van der Waals surface area contributed by atoms with Gasteiger partial charge >= 0.3 is 0 Å². The fourth-order valence-electron chi connectivity index (χ4n) is 4.60. The van der Waals surface area contributed by atoms with Crippen molar-refractivity contribution in [3.63, 3.8) is 0 Å². The smallest absolute Gasteiger partial charge is 0.0998 e. The van der Waals surface area contributed by atoms with E-state index in [1.54, 1.807) is 0 Å². The van der Waals surface area contributed by atoms with Crippen LogP contribution in [0.25, 0.3) is 21.9 Å². The number of nitriles is 1. The van der Waals surface area contributed by atoms with Gasteiger partial charge in [-0.15, -0.1) is 0 Å². The predicted molar refractivity (Wildman–Crippen MR) is 140 cm³/mol. The van der Waals surface area contributed by atoms with Gasteiger partial charge in [0.05, 0.1) is 42.6 Å². The van der Waals surface area contributed by atoms with E-state index in [0.29, 0.717) is 12.2 Å². The zero-order valence-electron chi connectivity index (χ0n) is 19.8. The molecule has 0 aliphatic rings. The molecule has 0 amide bonds. The fourth-order valence-corrected chi connectivity index (χ4v) is 4.60. The summed E-state index contributed by atoms with van der Waals surface area (Å²) < 4.78 is 8.51. The van der Waals surface area contributed by atoms with Crippen molar-refractivity contribution >= 4 is 10.8 Å². The molecule has 0 aliphatic heterocycles. The van der Waals surface area contributed by atoms with E-state index in [1.165, 1.54) is 5.56 Å². The van der Waals surface area contributed by atoms with E-state index in [2.05, 4.69) is 65.7 Å². The Balaban J connectivity index is 1.41. The van der Waals surface area contributed by atoms with Crippen molar-refractivity contribution in [2.24, 2.45) is 7.05 Å². The molecule has 4 heteroatoms. The molecule has 0 spiro atoms. The third kappa shape index (κ3) is 5.01. The number of aryl methyl sites for hydroxylation is 2. The molecule has 0 saturated heterocycles. The molecule has 1 atom stereocenters. The highest BCUT2D eigenvalue weighted by Crippen LogP contribution is 2.32. The van der Waals surface area contributed by atoms with Crippen molar-refractivity contribution in [1.29, 1.82) is 5.26 Å². The number of benzene rings is 4. The van der Waals surface area contributed by atoms with Crippen LogP contribution in [0.4, 0.5) is 0 Å². The van der Waals surface area contributed by atoms with Gasteiger partial charge in [0.15, 0.2) is 0 Å². The van der Waals surface area contributed by atoms with Gasteiger partial charge in [0.1, 0.15) is 0 Å². The summed E-state index contributed by atoms with van der Waals surface area (Å²) in [6.07, 6.45) is 5.39. The molecule has 172 valence electrons. The van der Waals surface area contributed by atoms with E-state index in [4.69, 9.17) is 4.74 Å². The van der Waals surface area contributed by atoms with E-state index < -0.39 is 0 Å². The van der Waals surface area contributed by atoms with Crippen molar-refractivity contribution in [3.8, 4) is 17.2 Å². The fraction of sp³-hybridized carbons (Fsp3) is 0.161. The topological polar surface area (TPSA) is 50.8 Å². The van der Waals surface area contributed by atoms with Crippen LogP contribution in [0.2, 0.25) is 0 Å². The average Bonchev–Trinajstić information content (AvgIpc) is 3.34. The molecule has 0 aliphatic carbocycles. The van der Waals surface area contributed by atoms with Gasteiger partial charge in [-0.25, -0.2) is 4.98 Å². The molecule has 4 nitrogen and oxygen atoms in total. The van der Waals surface area contributed by atoms with Crippen LogP contribution < -0.4 is 0 Å². The van der Waals surface area contributed by atoms with Gasteiger partial charge < -0.3 is 9.30 Å². The van der Waals surface area contributed by atoms with Crippen LogP contribution >= 0.6 is 0 Å². The van der Waals surface area contributed by atoms with Gasteiger partial charge in [-0.1, -0.05) is 78.9 Å². The van der Waals surface area contributed by atoms with Crippen molar-refractivity contribution in [2.75, 3.05) is 0 Å². The highest BCUT2D eigenvalue weighted by atomic mass is 16.5. The Morgan fingerprint density at radius 2 is 1.69 bits per heavy atom. The summed E-state index contributed by atoms with van der Waals surface area (Å²) in [6, 6.07) is 33.3. The molecule has 1 heterocycles. The molecule has 5 rings (SSSR count). The van der Waals surface area contributed by atoms with Crippen LogP contribution in [-0.4, -0.2) is 9.55 Å². The minimum absolute atomic E-state index is 0.0839. The quantitative estimate of drug-likeness (QED) is 0.252. The number of rotatable bonds is 8. The molecule has 35 heavy (non-hydrogen) atoms. The van der Waals surface area contributed by atoms with Crippen molar-refractivity contribution in [1.82, 2.24) is 9.55 Å². The van der Waals surface area contributed by atoms with Crippen molar-refractivity contribution in [3.05, 3.63) is 126 Å². The lowest BCUT2D eigenvalue weighted by atomic mass is 9.93. The first kappa shape index (κ1) is 22.6. The highest BCUT2D eigenvalue weighted by molar-refractivity contribution is 5.97. The molecule has 5 aromatic rings. The van der Waals surface area contributed by atoms with Crippen molar-refractivity contribution in [2.45, 2.75) is 25.6 Å². The van der Waals surface area contributed by atoms with Gasteiger partial charge in [0.25, 0.3) is 0 Å². The van der Waals surface area contributed by atoms with E-state index >= 15 is 0 Å². The Morgan fingerprint density at radius 3 is 2.49 bits per heavy atom. The number of imidazole rings is 1. The summed E-state index contributed by atoms with van der Waals surface area (Å²) in [5.41, 5.74) is 6.06. The Kier molecular flexibility index (Phi) is 6.70. The lowest BCUT2D eigenvalue weighted by Gasteiger charge is -2.19. The van der Waals surface area contributed by atoms with Gasteiger partial charge in [-0.3, -0.25) is 0 Å². The van der Waals surface area contributed by atoms with Crippen LogP contribution in [0.3, 0.4) is 0 Å². The maximum absolute atomic E-state index is 9.80. The van der Waals surface area contributed by atoms with Gasteiger partial charge in [0, 0.05) is 12.6 Å². The summed E-state index contributed by atoms with van der Waals surface area (Å²) in [7, 11) is 2.00. The van der Waals surface area contributed by atoms with E-state index in [-0.39, 0.29) is 6.10 Å². The van der Waals surface area contributed by atoms with E-state index in [0.717, 1.165) is 46.0 Å². The zero-order chi connectivity index (χ0) is 24.0. The van der Waals surface area contributed by atoms with Gasteiger partial charge in [-0.05, 0) is 52.4 Å². The summed E-state index contributed by atoms with van der Waals surface area (Å²) in [4.78, 5) is 4.30. The number of fused-ring (bicyclic) bond motifs is 1. The predicted octanol–water partition coefficient (Wildman–Crippen LogP) is 7.00. The van der Waals surface area contributed by atoms with Crippen molar-refractivity contribution < 1.29 is 4.74 Å². The summed E-state index contributed by atoms with van der Waals surface area (Å²) >= 11 is 0. The van der Waals surface area contributed by atoms with Crippen LogP contribution in [0.15, 0.2) is 104 Å². The van der Waals surface area contributed by atoms with Gasteiger partial charge in [-0.2, -0.15) is 5.26 Å². The standard InChI is InChI=1S/C31H27N3O/c1-34-22-33-20-30(34)31(17-15-23-8-3-2-4-9-23)35-21-24-14-16-26(19-32)29(18-24)28-13-7-11-25-10-5-6-12-27(25)28/h2-14,16,18,20,22,31H,15,17,21H2,1H3. The molecule has 4 aromatic carbocycles. The van der Waals surface area contributed by atoms with Crippen LogP contribution in [0.1, 0.15) is 34.9 Å². The minimum Gasteiger partial charge on any atom is -0.367 e. The molecular weight excluding hydrogens is 430 g/mol. The van der Waals surface area contributed by atoms with Gasteiger partial charge in [0.2, 0.25) is 0 Å². The summed E-state index contributed by atoms with van der Waals surface area (Å²) in [5, 5.41) is 12.1. The number of hydrogen-bond donors (Lipinski definition) is 0. The third-order valence-corrected chi connectivity index (χ3v) is 6.46. The van der Waals surface area contributed by atoms with Crippen LogP contribution in [-0.2, 0) is 24.8 Å². The largest absolute Gasteiger partial charge is 0.367 e. The van der Waals surface area contributed by atoms with Crippen LogP contribution in [0, 0.1) is 11.3 Å². The highest BCUT2D eigenvalue weighted by Gasteiger charge is 2.17. The first-order valence-corrected chi connectivity index (χ1v) is 11.9. The average molecular weight is 458 g/mol. The monoisotopic (exact) mass is 457 g/mol. The minimum atomic E-state index is -0.0839.